The summed E-state index contributed by atoms with van der Waals surface area (Å²) in [6.45, 7) is 3.51. The van der Waals surface area contributed by atoms with Crippen LogP contribution in [0.5, 0.6) is 0 Å². The van der Waals surface area contributed by atoms with Crippen molar-refractivity contribution in [2.75, 3.05) is 0 Å². The molecule has 0 saturated carbocycles. The maximum atomic E-state index is 12.6. The van der Waals surface area contributed by atoms with E-state index in [0.29, 0.717) is 12.5 Å². The third kappa shape index (κ3) is 5.06. The first-order valence-corrected chi connectivity index (χ1v) is 8.26. The van der Waals surface area contributed by atoms with E-state index in [1.165, 1.54) is 0 Å². The molecule has 20 heavy (non-hydrogen) atoms. The van der Waals surface area contributed by atoms with Crippen LogP contribution in [0.25, 0.3) is 0 Å². The van der Waals surface area contributed by atoms with Crippen molar-refractivity contribution in [3.63, 3.8) is 0 Å². The van der Waals surface area contributed by atoms with Crippen LogP contribution in [0.15, 0.2) is 29.2 Å². The van der Waals surface area contributed by atoms with Gasteiger partial charge in [0.1, 0.15) is 0 Å². The largest absolute Gasteiger partial charge is 0.416 e. The smallest absolute Gasteiger partial charge is 0.208 e. The average molecular weight is 374 g/mol. The summed E-state index contributed by atoms with van der Waals surface area (Å²) in [7, 11) is -3.96. The molecular weight excluding hydrogens is 359 g/mol. The lowest BCUT2D eigenvalue weighted by atomic mass is 10.2. The maximum absolute atomic E-state index is 12.6. The predicted molar refractivity (Wildman–Crippen MR) is 74.2 cm³/mol. The highest BCUT2D eigenvalue weighted by Crippen LogP contribution is 2.30. The zero-order chi connectivity index (χ0) is 15.6. The Morgan fingerprint density at radius 1 is 1.30 bits per heavy atom. The third-order valence-electron chi connectivity index (χ3n) is 2.51. The van der Waals surface area contributed by atoms with Crippen molar-refractivity contribution in [2.24, 2.45) is 0 Å². The molecule has 3 nitrogen and oxygen atoms in total. The van der Waals surface area contributed by atoms with Crippen LogP contribution in [0, 0.1) is 0 Å². The summed E-state index contributed by atoms with van der Waals surface area (Å²) < 4.78 is 64.1. The molecule has 0 saturated heterocycles. The van der Waals surface area contributed by atoms with Crippen molar-refractivity contribution in [1.29, 1.82) is 0 Å². The second-order valence-corrected chi connectivity index (χ2v) is 7.84. The van der Waals surface area contributed by atoms with Gasteiger partial charge in [0.25, 0.3) is 0 Å². The molecule has 0 aliphatic heterocycles. The molecule has 0 aliphatic rings. The van der Waals surface area contributed by atoms with Crippen LogP contribution in [-0.4, -0.2) is 19.3 Å². The fourth-order valence-corrected chi connectivity index (χ4v) is 3.57. The summed E-state index contributed by atoms with van der Waals surface area (Å²) >= 11 is 3.29. The lowest BCUT2D eigenvalue weighted by Gasteiger charge is -2.16. The SMILES string of the molecule is CC(Br)CC(C)NS(=O)(=O)c1cccc(C(F)(F)F)c1. The van der Waals surface area contributed by atoms with Crippen LogP contribution < -0.4 is 4.72 Å². The van der Waals surface area contributed by atoms with Gasteiger partial charge < -0.3 is 0 Å². The number of alkyl halides is 4. The van der Waals surface area contributed by atoms with Crippen molar-refractivity contribution >= 4 is 26.0 Å². The number of halogens is 4. The van der Waals surface area contributed by atoms with Crippen molar-refractivity contribution in [3.8, 4) is 0 Å². The molecule has 1 N–H and O–H groups in total. The van der Waals surface area contributed by atoms with Crippen LogP contribution >= 0.6 is 15.9 Å². The topological polar surface area (TPSA) is 46.2 Å². The Bertz CT molecular complexity index is 558. The minimum Gasteiger partial charge on any atom is -0.208 e. The Morgan fingerprint density at radius 3 is 2.40 bits per heavy atom. The zero-order valence-corrected chi connectivity index (χ0v) is 13.3. The molecule has 114 valence electrons. The second kappa shape index (κ2) is 6.44. The van der Waals surface area contributed by atoms with E-state index in [0.717, 1.165) is 18.2 Å². The van der Waals surface area contributed by atoms with Crippen LogP contribution in [-0.2, 0) is 16.2 Å². The molecule has 1 aromatic carbocycles. The second-order valence-electron chi connectivity index (χ2n) is 4.56. The molecule has 1 aromatic rings. The van der Waals surface area contributed by atoms with Crippen molar-refractivity contribution in [3.05, 3.63) is 29.8 Å². The lowest BCUT2D eigenvalue weighted by Crippen LogP contribution is -2.34. The van der Waals surface area contributed by atoms with Crippen LogP contribution in [0.4, 0.5) is 13.2 Å². The molecule has 0 bridgehead atoms. The Labute approximate surface area is 124 Å². The van der Waals surface area contributed by atoms with E-state index in [1.54, 1.807) is 6.92 Å². The number of nitrogens with one attached hydrogen (secondary N) is 1. The van der Waals surface area contributed by atoms with E-state index >= 15 is 0 Å². The Kier molecular flexibility index (Phi) is 5.62. The molecule has 2 atom stereocenters. The van der Waals surface area contributed by atoms with Gasteiger partial charge in [-0.2, -0.15) is 13.2 Å². The number of sulfonamides is 1. The van der Waals surface area contributed by atoms with Gasteiger partial charge in [-0.3, -0.25) is 0 Å². The Morgan fingerprint density at radius 2 is 1.90 bits per heavy atom. The van der Waals surface area contributed by atoms with Crippen LogP contribution in [0.1, 0.15) is 25.8 Å². The fourth-order valence-electron chi connectivity index (χ4n) is 1.71. The summed E-state index contributed by atoms with van der Waals surface area (Å²) in [5, 5.41) is 0. The molecule has 0 aliphatic carbocycles. The summed E-state index contributed by atoms with van der Waals surface area (Å²) in [4.78, 5) is -0.289. The molecule has 0 spiro atoms. The first-order valence-electron chi connectivity index (χ1n) is 5.86. The van der Waals surface area contributed by atoms with Gasteiger partial charge in [0.05, 0.1) is 10.5 Å². The van der Waals surface area contributed by atoms with Gasteiger partial charge in [0.2, 0.25) is 10.0 Å². The Balaban J connectivity index is 2.99. The molecule has 0 amide bonds. The fraction of sp³-hybridized carbons (Fsp3) is 0.500. The van der Waals surface area contributed by atoms with Crippen molar-refractivity contribution in [2.45, 2.75) is 42.2 Å². The van der Waals surface area contributed by atoms with Crippen molar-refractivity contribution < 1.29 is 21.6 Å². The van der Waals surface area contributed by atoms with Gasteiger partial charge in [-0.05, 0) is 31.5 Å². The minimum absolute atomic E-state index is 0.0988. The maximum Gasteiger partial charge on any atom is 0.416 e. The third-order valence-corrected chi connectivity index (χ3v) is 4.47. The lowest BCUT2D eigenvalue weighted by molar-refractivity contribution is -0.137. The minimum atomic E-state index is -4.57. The molecule has 0 radical (unpaired) electrons. The summed E-state index contributed by atoms with van der Waals surface area (Å²) in [5.41, 5.74) is -0.984. The van der Waals surface area contributed by atoms with E-state index in [1.807, 2.05) is 6.92 Å². The summed E-state index contributed by atoms with van der Waals surface area (Å²) in [6.07, 6.45) is -4.04. The van der Waals surface area contributed by atoms with Gasteiger partial charge in [-0.1, -0.05) is 28.9 Å². The highest BCUT2D eigenvalue weighted by Gasteiger charge is 2.31. The van der Waals surface area contributed by atoms with Crippen LogP contribution in [0.3, 0.4) is 0 Å². The van der Waals surface area contributed by atoms with E-state index in [-0.39, 0.29) is 15.8 Å². The first kappa shape index (κ1) is 17.5. The van der Waals surface area contributed by atoms with Crippen LogP contribution in [0.2, 0.25) is 0 Å². The molecule has 2 unspecified atom stereocenters. The van der Waals surface area contributed by atoms with Crippen molar-refractivity contribution in [1.82, 2.24) is 4.72 Å². The first-order chi connectivity index (χ1) is 9.02. The summed E-state index contributed by atoms with van der Waals surface area (Å²) in [5.74, 6) is 0. The van der Waals surface area contributed by atoms with Gasteiger partial charge in [-0.25, -0.2) is 13.1 Å². The molecule has 0 heterocycles. The zero-order valence-electron chi connectivity index (χ0n) is 10.9. The highest BCUT2D eigenvalue weighted by atomic mass is 79.9. The average Bonchev–Trinajstić information content (AvgIpc) is 2.26. The molecule has 0 fully saturated rings. The molecule has 0 aromatic heterocycles. The quantitative estimate of drug-likeness (QED) is 0.802. The van der Waals surface area contributed by atoms with Gasteiger partial charge in [-0.15, -0.1) is 0 Å². The van der Waals surface area contributed by atoms with Gasteiger partial charge in [0, 0.05) is 10.9 Å². The number of benzene rings is 1. The molecule has 1 rings (SSSR count). The van der Waals surface area contributed by atoms with E-state index in [9.17, 15) is 21.6 Å². The van der Waals surface area contributed by atoms with Gasteiger partial charge in [0.15, 0.2) is 0 Å². The predicted octanol–water partition coefficient (Wildman–Crippen LogP) is 3.55. The number of rotatable bonds is 5. The van der Waals surface area contributed by atoms with E-state index in [2.05, 4.69) is 20.7 Å². The number of hydrogen-bond donors (Lipinski definition) is 1. The normalized spacial score (nSPS) is 15.9. The molecule has 8 heteroatoms. The standard InChI is InChI=1S/C12H15BrF3NO2S/c1-8(13)6-9(2)17-20(18,19)11-5-3-4-10(7-11)12(14,15)16/h3-5,7-9,17H,6H2,1-2H3. The van der Waals surface area contributed by atoms with E-state index in [4.69, 9.17) is 0 Å². The van der Waals surface area contributed by atoms with Gasteiger partial charge >= 0.3 is 6.18 Å². The molecular formula is C12H15BrF3NO2S. The Hall–Kier alpha value is -0.600. The monoisotopic (exact) mass is 373 g/mol. The summed E-state index contributed by atoms with van der Waals surface area (Å²) in [6, 6.07) is 3.30. The highest BCUT2D eigenvalue weighted by molar-refractivity contribution is 9.09. The van der Waals surface area contributed by atoms with E-state index < -0.39 is 21.8 Å². The number of hydrogen-bond acceptors (Lipinski definition) is 2.